The normalized spacial score (nSPS) is 12.9. The Morgan fingerprint density at radius 1 is 1.14 bits per heavy atom. The van der Waals surface area contributed by atoms with E-state index in [0.29, 0.717) is 12.0 Å². The number of hydrogen-bond donors (Lipinski definition) is 2. The van der Waals surface area contributed by atoms with E-state index < -0.39 is 59.3 Å². The zero-order valence-corrected chi connectivity index (χ0v) is 24.4. The third kappa shape index (κ3) is 13.6. The lowest BCUT2D eigenvalue weighted by Gasteiger charge is -2.25. The number of hydrogen-bond acceptors (Lipinski definition) is 8. The van der Waals surface area contributed by atoms with Gasteiger partial charge in [0.1, 0.15) is 17.3 Å². The second-order valence-corrected chi connectivity index (χ2v) is 11.2. The monoisotopic (exact) mass is 650 g/mol. The molecule has 2 amide bonds. The predicted molar refractivity (Wildman–Crippen MR) is 144 cm³/mol. The summed E-state index contributed by atoms with van der Waals surface area (Å²) in [6.45, 7) is 3.93. The number of halogens is 7. The first kappa shape index (κ1) is 37.6. The van der Waals surface area contributed by atoms with Gasteiger partial charge in [0.25, 0.3) is 5.91 Å². The summed E-state index contributed by atoms with van der Waals surface area (Å²) in [4.78, 5) is 26.0. The van der Waals surface area contributed by atoms with Crippen molar-refractivity contribution in [3.05, 3.63) is 35.2 Å². The van der Waals surface area contributed by atoms with Crippen LogP contribution in [0.3, 0.4) is 0 Å². The Bertz CT molecular complexity index is 1260. The van der Waals surface area contributed by atoms with Gasteiger partial charge < -0.3 is 15.4 Å². The molecule has 18 heteroatoms. The number of aryl methyl sites for hydroxylation is 1. The molecular formula is C25H33F7N4O6S. The molecule has 0 saturated heterocycles. The average molecular weight is 651 g/mol. The van der Waals surface area contributed by atoms with Crippen molar-refractivity contribution >= 4 is 34.1 Å². The number of benzene rings is 1. The lowest BCUT2D eigenvalue weighted by atomic mass is 10.1. The summed E-state index contributed by atoms with van der Waals surface area (Å²) < 4.78 is 120. The van der Waals surface area contributed by atoms with Crippen molar-refractivity contribution in [3.63, 3.8) is 0 Å². The van der Waals surface area contributed by atoms with E-state index in [2.05, 4.69) is 27.2 Å². The minimum Gasteiger partial charge on any atom is -0.487 e. The van der Waals surface area contributed by atoms with Gasteiger partial charge in [-0.05, 0) is 43.0 Å². The molecule has 0 aliphatic heterocycles. The molecule has 2 N–H and O–H groups in total. The molecule has 0 bridgehead atoms. The van der Waals surface area contributed by atoms with Crippen LogP contribution in [0.1, 0.15) is 38.7 Å². The highest BCUT2D eigenvalue weighted by atomic mass is 32.2. The van der Waals surface area contributed by atoms with Crippen LogP contribution in [0.25, 0.3) is 0 Å². The third-order valence-corrected chi connectivity index (χ3v) is 6.16. The molecule has 0 saturated carbocycles. The molecule has 0 aromatic heterocycles. The lowest BCUT2D eigenvalue weighted by molar-refractivity contribution is -0.324. The Morgan fingerprint density at radius 2 is 1.79 bits per heavy atom. The summed E-state index contributed by atoms with van der Waals surface area (Å²) in [7, 11) is -3.82. The number of rotatable bonds is 18. The van der Waals surface area contributed by atoms with Gasteiger partial charge in [0.2, 0.25) is 5.91 Å². The van der Waals surface area contributed by atoms with Crippen LogP contribution >= 0.6 is 0 Å². The molecule has 1 rings (SSSR count). The number of nitrogens with zero attached hydrogens (tertiary/aromatic N) is 2. The van der Waals surface area contributed by atoms with Gasteiger partial charge in [-0.15, -0.1) is 13.2 Å². The minimum absolute atomic E-state index is 0.0310. The first-order valence-electron chi connectivity index (χ1n) is 12.7. The maximum Gasteiger partial charge on any atom is 0.522 e. The fourth-order valence-electron chi connectivity index (χ4n) is 3.46. The predicted octanol–water partition coefficient (Wildman–Crippen LogP) is 4.48. The molecule has 244 valence electrons. The molecule has 0 heterocycles. The summed E-state index contributed by atoms with van der Waals surface area (Å²) in [6, 6.07) is 3.69. The molecular weight excluding hydrogens is 617 g/mol. The number of carbonyl (C=O) groups excluding carboxylic acids is 2. The molecule has 0 fully saturated rings. The highest BCUT2D eigenvalue weighted by Crippen LogP contribution is 2.28. The van der Waals surface area contributed by atoms with Gasteiger partial charge in [-0.25, -0.2) is 22.2 Å². The SMILES string of the molecule is C=NN(CCCOC(F)(F)F)/C(NC(=O)CS(C)(=O)=O)=C(\CCC)C(=O)Nc1ccc(OCC(F)(F)C(F)F)cc1CC. The molecule has 10 nitrogen and oxygen atoms in total. The lowest BCUT2D eigenvalue weighted by Crippen LogP contribution is -2.39. The zero-order chi connectivity index (χ0) is 33.0. The second-order valence-electron chi connectivity index (χ2n) is 9.08. The smallest absolute Gasteiger partial charge is 0.487 e. The van der Waals surface area contributed by atoms with Crippen LogP contribution in [-0.4, -0.2) is 82.4 Å². The van der Waals surface area contributed by atoms with Crippen molar-refractivity contribution in [1.29, 1.82) is 0 Å². The van der Waals surface area contributed by atoms with Crippen LogP contribution in [0.4, 0.5) is 36.4 Å². The van der Waals surface area contributed by atoms with Crippen LogP contribution < -0.4 is 15.4 Å². The van der Waals surface area contributed by atoms with E-state index in [9.17, 15) is 48.7 Å². The fourth-order valence-corrected chi connectivity index (χ4v) is 4.01. The summed E-state index contributed by atoms with van der Waals surface area (Å²) in [5, 5.41) is 9.47. The minimum atomic E-state index is -4.90. The summed E-state index contributed by atoms with van der Waals surface area (Å²) in [5.74, 6) is -7.76. The van der Waals surface area contributed by atoms with Gasteiger partial charge in [0.05, 0.1) is 12.2 Å². The second kappa shape index (κ2) is 16.4. The molecule has 43 heavy (non-hydrogen) atoms. The van der Waals surface area contributed by atoms with E-state index in [4.69, 9.17) is 4.74 Å². The number of nitrogens with one attached hydrogen (secondary N) is 2. The molecule has 0 aliphatic carbocycles. The number of ether oxygens (including phenoxy) is 2. The zero-order valence-electron chi connectivity index (χ0n) is 23.6. The van der Waals surface area contributed by atoms with E-state index in [1.54, 1.807) is 13.8 Å². The van der Waals surface area contributed by atoms with E-state index in [1.807, 2.05) is 0 Å². The molecule has 0 unspecified atom stereocenters. The quantitative estimate of drug-likeness (QED) is 0.0789. The van der Waals surface area contributed by atoms with E-state index in [0.717, 1.165) is 17.3 Å². The van der Waals surface area contributed by atoms with Crippen LogP contribution in [0.2, 0.25) is 0 Å². The van der Waals surface area contributed by atoms with E-state index in [1.165, 1.54) is 12.1 Å². The molecule has 0 atom stereocenters. The van der Waals surface area contributed by atoms with Gasteiger partial charge in [0, 0.05) is 25.2 Å². The molecule has 0 spiro atoms. The molecule has 1 aromatic carbocycles. The first-order valence-corrected chi connectivity index (χ1v) is 14.8. The van der Waals surface area contributed by atoms with Crippen molar-refractivity contribution in [2.24, 2.45) is 5.10 Å². The van der Waals surface area contributed by atoms with Gasteiger partial charge in [-0.3, -0.25) is 14.3 Å². The average Bonchev–Trinajstić information content (AvgIpc) is 2.88. The summed E-state index contributed by atoms with van der Waals surface area (Å²) >= 11 is 0. The highest BCUT2D eigenvalue weighted by Gasteiger charge is 2.41. The summed E-state index contributed by atoms with van der Waals surface area (Å²) in [5.41, 5.74) is 0.368. The van der Waals surface area contributed by atoms with Crippen molar-refractivity contribution in [2.75, 3.05) is 37.1 Å². The van der Waals surface area contributed by atoms with Crippen molar-refractivity contribution in [2.45, 2.75) is 58.2 Å². The largest absolute Gasteiger partial charge is 0.522 e. The Labute approximate surface area is 244 Å². The van der Waals surface area contributed by atoms with Crippen LogP contribution in [0.5, 0.6) is 5.75 Å². The number of amides is 2. The maximum absolute atomic E-state index is 13.5. The Kier molecular flexibility index (Phi) is 14.4. The van der Waals surface area contributed by atoms with Crippen molar-refractivity contribution in [1.82, 2.24) is 10.3 Å². The Hall–Kier alpha value is -3.41. The Morgan fingerprint density at radius 3 is 2.30 bits per heavy atom. The standard InChI is InChI=1S/C25H33F7N4O6S/c1-5-8-18(21(35-20(37)14-43(4,39)40)36(33-3)11-7-12-42-25(30,31)32)22(38)34-19-10-9-17(13-16(19)6-2)41-15-24(28,29)23(26)27/h9-10,13,23H,3,5-8,11-12,14-15H2,1-2,4H3,(H,34,38)(H,35,37)/b21-18+. The summed E-state index contributed by atoms with van der Waals surface area (Å²) in [6.07, 6.45) is -7.83. The molecule has 1 aromatic rings. The first-order chi connectivity index (χ1) is 19.8. The van der Waals surface area contributed by atoms with Crippen molar-refractivity contribution < 1.29 is 58.2 Å². The van der Waals surface area contributed by atoms with Crippen LogP contribution in [0, 0.1) is 0 Å². The Balaban J connectivity index is 3.41. The van der Waals surface area contributed by atoms with Crippen molar-refractivity contribution in [3.8, 4) is 5.75 Å². The third-order valence-electron chi connectivity index (χ3n) is 5.38. The fraction of sp³-hybridized carbons (Fsp3) is 0.560. The van der Waals surface area contributed by atoms with Gasteiger partial charge in [-0.2, -0.15) is 13.9 Å². The highest BCUT2D eigenvalue weighted by molar-refractivity contribution is 7.91. The number of alkyl halides is 7. The number of carbonyl (C=O) groups is 2. The van der Waals surface area contributed by atoms with Crippen LogP contribution in [-0.2, 0) is 30.6 Å². The van der Waals surface area contributed by atoms with E-state index in [-0.39, 0.29) is 48.6 Å². The van der Waals surface area contributed by atoms with Crippen LogP contribution in [0.15, 0.2) is 34.7 Å². The number of anilines is 1. The molecule has 0 radical (unpaired) electrons. The van der Waals surface area contributed by atoms with E-state index >= 15 is 0 Å². The van der Waals surface area contributed by atoms with Gasteiger partial charge >= 0.3 is 18.7 Å². The number of sulfone groups is 1. The topological polar surface area (TPSA) is 126 Å². The van der Waals surface area contributed by atoms with Gasteiger partial charge in [-0.1, -0.05) is 20.3 Å². The number of hydrazone groups is 1. The maximum atomic E-state index is 13.5. The van der Waals surface area contributed by atoms with Gasteiger partial charge in [0.15, 0.2) is 16.4 Å². The molecule has 0 aliphatic rings.